The van der Waals surface area contributed by atoms with Crippen molar-refractivity contribution < 1.29 is 19.1 Å². The van der Waals surface area contributed by atoms with Crippen LogP contribution in [0.1, 0.15) is 28.1 Å². The topological polar surface area (TPSA) is 79.5 Å². The fraction of sp³-hybridized carbons (Fsp3) is 0.200. The molecule has 5 nitrogen and oxygen atoms in total. The monoisotopic (exact) mass is 305 g/mol. The minimum Gasteiger partial charge on any atom is -0.461 e. The van der Waals surface area contributed by atoms with Crippen molar-refractivity contribution in [3.63, 3.8) is 0 Å². The van der Waals surface area contributed by atoms with Crippen LogP contribution < -0.4 is 5.32 Å². The zero-order valence-electron chi connectivity index (χ0n) is 11.1. The summed E-state index contributed by atoms with van der Waals surface area (Å²) in [7, 11) is 0. The standard InChI is InChI=1S/C15H12ClNO4/c1-8-5-9(16)6-10-13(8)17-14(19)15(10,20)7-11(18)12-3-2-4-21-12/h2-6,20H,7H2,1H3,(H,17,19)/t15-/m0/s1. The number of carbonyl (C=O) groups excluding carboxylic acids is 2. The molecule has 0 unspecified atom stereocenters. The molecule has 1 aromatic heterocycles. The molecule has 108 valence electrons. The Labute approximate surface area is 125 Å². The number of hydrogen-bond acceptors (Lipinski definition) is 4. The highest BCUT2D eigenvalue weighted by atomic mass is 35.5. The Morgan fingerprint density at radius 2 is 2.24 bits per heavy atom. The number of anilines is 1. The van der Waals surface area contributed by atoms with Gasteiger partial charge in [-0.25, -0.2) is 0 Å². The first-order valence-corrected chi connectivity index (χ1v) is 6.71. The molecule has 1 aromatic carbocycles. The number of Topliss-reactive ketones (excluding diaryl/α,β-unsaturated/α-hetero) is 1. The van der Waals surface area contributed by atoms with Crippen molar-refractivity contribution in [2.45, 2.75) is 18.9 Å². The molecule has 3 rings (SSSR count). The molecule has 0 spiro atoms. The number of hydrogen-bond donors (Lipinski definition) is 2. The van der Waals surface area contributed by atoms with Crippen LogP contribution in [-0.4, -0.2) is 16.8 Å². The SMILES string of the molecule is Cc1cc(Cl)cc2c1NC(=O)[C@]2(O)CC(=O)c1ccco1. The average molecular weight is 306 g/mol. The van der Waals surface area contributed by atoms with E-state index in [9.17, 15) is 14.7 Å². The highest BCUT2D eigenvalue weighted by Gasteiger charge is 2.47. The lowest BCUT2D eigenvalue weighted by Crippen LogP contribution is -2.36. The van der Waals surface area contributed by atoms with Crippen molar-refractivity contribution in [2.24, 2.45) is 0 Å². The third kappa shape index (κ3) is 2.14. The van der Waals surface area contributed by atoms with Gasteiger partial charge in [0.05, 0.1) is 18.4 Å². The maximum atomic E-state index is 12.1. The number of benzene rings is 1. The van der Waals surface area contributed by atoms with Gasteiger partial charge in [-0.05, 0) is 36.8 Å². The number of furan rings is 1. The van der Waals surface area contributed by atoms with Gasteiger partial charge in [-0.3, -0.25) is 9.59 Å². The summed E-state index contributed by atoms with van der Waals surface area (Å²) in [6.45, 7) is 1.77. The van der Waals surface area contributed by atoms with E-state index in [1.54, 1.807) is 19.1 Å². The quantitative estimate of drug-likeness (QED) is 0.854. The van der Waals surface area contributed by atoms with Gasteiger partial charge in [0.15, 0.2) is 11.4 Å². The van der Waals surface area contributed by atoms with E-state index >= 15 is 0 Å². The molecule has 2 N–H and O–H groups in total. The Morgan fingerprint density at radius 1 is 1.48 bits per heavy atom. The van der Waals surface area contributed by atoms with E-state index in [2.05, 4.69) is 5.32 Å². The molecule has 0 radical (unpaired) electrons. The normalized spacial score (nSPS) is 20.2. The number of halogens is 1. The summed E-state index contributed by atoms with van der Waals surface area (Å²) in [6.07, 6.45) is 0.958. The zero-order chi connectivity index (χ0) is 15.2. The van der Waals surface area contributed by atoms with Gasteiger partial charge in [-0.1, -0.05) is 11.6 Å². The van der Waals surface area contributed by atoms with Crippen LogP contribution in [-0.2, 0) is 10.4 Å². The molecule has 2 heterocycles. The molecular formula is C15H12ClNO4. The molecule has 0 bridgehead atoms. The van der Waals surface area contributed by atoms with E-state index < -0.39 is 23.7 Å². The van der Waals surface area contributed by atoms with E-state index in [4.69, 9.17) is 16.0 Å². The van der Waals surface area contributed by atoms with Crippen LogP contribution in [0.3, 0.4) is 0 Å². The van der Waals surface area contributed by atoms with Crippen molar-refractivity contribution in [1.82, 2.24) is 0 Å². The van der Waals surface area contributed by atoms with E-state index in [0.717, 1.165) is 5.56 Å². The molecule has 2 aromatic rings. The summed E-state index contributed by atoms with van der Waals surface area (Å²) in [5, 5.41) is 13.7. The second-order valence-corrected chi connectivity index (χ2v) is 5.47. The first-order valence-electron chi connectivity index (χ1n) is 6.33. The molecule has 1 amide bonds. The largest absolute Gasteiger partial charge is 0.461 e. The molecule has 0 saturated heterocycles. The lowest BCUT2D eigenvalue weighted by Gasteiger charge is -2.19. The Hall–Kier alpha value is -2.11. The van der Waals surface area contributed by atoms with Crippen LogP contribution >= 0.6 is 11.6 Å². The van der Waals surface area contributed by atoms with Crippen LogP contribution in [0.4, 0.5) is 5.69 Å². The van der Waals surface area contributed by atoms with E-state index in [1.807, 2.05) is 0 Å². The van der Waals surface area contributed by atoms with Crippen LogP contribution in [0.15, 0.2) is 34.9 Å². The summed E-state index contributed by atoms with van der Waals surface area (Å²) in [4.78, 5) is 24.3. The Morgan fingerprint density at radius 3 is 2.90 bits per heavy atom. The van der Waals surface area contributed by atoms with E-state index in [0.29, 0.717) is 16.3 Å². The summed E-state index contributed by atoms with van der Waals surface area (Å²) < 4.78 is 5.00. The van der Waals surface area contributed by atoms with Gasteiger partial charge >= 0.3 is 0 Å². The lowest BCUT2D eigenvalue weighted by atomic mass is 9.88. The summed E-state index contributed by atoms with van der Waals surface area (Å²) in [5.41, 5.74) is -0.390. The number of ketones is 1. The van der Waals surface area contributed by atoms with Crippen molar-refractivity contribution >= 4 is 29.0 Å². The predicted molar refractivity (Wildman–Crippen MR) is 76.4 cm³/mol. The van der Waals surface area contributed by atoms with Crippen molar-refractivity contribution in [1.29, 1.82) is 0 Å². The molecule has 1 atom stereocenters. The van der Waals surface area contributed by atoms with Gasteiger partial charge in [0.2, 0.25) is 5.78 Å². The average Bonchev–Trinajstić information content (AvgIpc) is 3.01. The second kappa shape index (κ2) is 4.72. The lowest BCUT2D eigenvalue weighted by molar-refractivity contribution is -0.133. The Balaban J connectivity index is 2.02. The molecule has 6 heteroatoms. The highest BCUT2D eigenvalue weighted by Crippen LogP contribution is 2.42. The van der Waals surface area contributed by atoms with E-state index in [1.165, 1.54) is 18.4 Å². The zero-order valence-corrected chi connectivity index (χ0v) is 11.9. The Bertz CT molecular complexity index is 738. The number of amides is 1. The number of aliphatic hydroxyl groups is 1. The van der Waals surface area contributed by atoms with E-state index in [-0.39, 0.29) is 5.76 Å². The summed E-state index contributed by atoms with van der Waals surface area (Å²) in [5.74, 6) is -0.991. The van der Waals surface area contributed by atoms with Crippen LogP contribution in [0.25, 0.3) is 0 Å². The second-order valence-electron chi connectivity index (χ2n) is 5.04. The minimum absolute atomic E-state index is 0.100. The number of fused-ring (bicyclic) bond motifs is 1. The van der Waals surface area contributed by atoms with Crippen LogP contribution in [0, 0.1) is 6.92 Å². The first kappa shape index (κ1) is 13.9. The maximum absolute atomic E-state index is 12.1. The third-order valence-electron chi connectivity index (χ3n) is 3.57. The van der Waals surface area contributed by atoms with Crippen LogP contribution in [0.2, 0.25) is 5.02 Å². The van der Waals surface area contributed by atoms with Gasteiger partial charge in [0, 0.05) is 10.6 Å². The summed E-state index contributed by atoms with van der Waals surface area (Å²) in [6, 6.07) is 6.24. The maximum Gasteiger partial charge on any atom is 0.261 e. The third-order valence-corrected chi connectivity index (χ3v) is 3.79. The first-order chi connectivity index (χ1) is 9.91. The minimum atomic E-state index is -1.94. The van der Waals surface area contributed by atoms with Crippen molar-refractivity contribution in [3.05, 3.63) is 52.4 Å². The fourth-order valence-electron chi connectivity index (χ4n) is 2.51. The van der Waals surface area contributed by atoms with Gasteiger partial charge in [-0.15, -0.1) is 0 Å². The number of carbonyl (C=O) groups is 2. The fourth-order valence-corrected chi connectivity index (χ4v) is 2.78. The summed E-state index contributed by atoms with van der Waals surface area (Å²) >= 11 is 5.99. The van der Waals surface area contributed by atoms with Gasteiger partial charge in [0.1, 0.15) is 0 Å². The van der Waals surface area contributed by atoms with Crippen LogP contribution in [0.5, 0.6) is 0 Å². The van der Waals surface area contributed by atoms with Gasteiger partial charge < -0.3 is 14.8 Å². The van der Waals surface area contributed by atoms with Gasteiger partial charge in [0.25, 0.3) is 5.91 Å². The molecule has 0 aliphatic carbocycles. The predicted octanol–water partition coefficient (Wildman–Crippen LogP) is 2.65. The molecular weight excluding hydrogens is 294 g/mol. The smallest absolute Gasteiger partial charge is 0.261 e. The van der Waals surface area contributed by atoms with Gasteiger partial charge in [-0.2, -0.15) is 0 Å². The Kier molecular flexibility index (Phi) is 3.11. The number of aryl methyl sites for hydroxylation is 1. The molecule has 0 saturated carbocycles. The number of nitrogens with one attached hydrogen (secondary N) is 1. The molecule has 1 aliphatic rings. The van der Waals surface area contributed by atoms with Crippen molar-refractivity contribution in [2.75, 3.05) is 5.32 Å². The molecule has 21 heavy (non-hydrogen) atoms. The number of rotatable bonds is 3. The highest BCUT2D eigenvalue weighted by molar-refractivity contribution is 6.31. The van der Waals surface area contributed by atoms with Crippen molar-refractivity contribution in [3.8, 4) is 0 Å². The molecule has 0 fully saturated rings. The molecule has 1 aliphatic heterocycles.